The average Bonchev–Trinajstić information content (AvgIpc) is 2.29. The van der Waals surface area contributed by atoms with Gasteiger partial charge in [-0.1, -0.05) is 13.8 Å². The Morgan fingerprint density at radius 2 is 2.00 bits per heavy atom. The van der Waals surface area contributed by atoms with E-state index in [0.717, 1.165) is 38.8 Å². The number of urea groups is 1. The molecule has 1 saturated carbocycles. The highest BCUT2D eigenvalue weighted by atomic mass is 16.4. The van der Waals surface area contributed by atoms with Gasteiger partial charge in [-0.15, -0.1) is 0 Å². The van der Waals surface area contributed by atoms with Crippen molar-refractivity contribution in [3.8, 4) is 0 Å². The number of carbonyl (C=O) groups is 2. The van der Waals surface area contributed by atoms with Crippen LogP contribution in [-0.4, -0.2) is 40.6 Å². The Bertz CT molecular complexity index is 366. The molecule has 2 rings (SSSR count). The number of nitrogens with one attached hydrogen (secondary N) is 1. The molecule has 0 aromatic carbocycles. The van der Waals surface area contributed by atoms with E-state index in [1.54, 1.807) is 0 Å². The summed E-state index contributed by atoms with van der Waals surface area (Å²) in [6.07, 6.45) is 3.63. The topological polar surface area (TPSA) is 69.6 Å². The van der Waals surface area contributed by atoms with Crippen molar-refractivity contribution in [1.82, 2.24) is 10.2 Å². The minimum atomic E-state index is -0.833. The second kappa shape index (κ2) is 5.39. The van der Waals surface area contributed by atoms with Gasteiger partial charge in [-0.05, 0) is 37.5 Å². The van der Waals surface area contributed by atoms with E-state index >= 15 is 0 Å². The molecule has 0 radical (unpaired) electrons. The molecule has 0 bridgehead atoms. The summed E-state index contributed by atoms with van der Waals surface area (Å²) >= 11 is 0. The predicted molar refractivity (Wildman–Crippen MR) is 71.9 cm³/mol. The first kappa shape index (κ1) is 14.2. The second-order valence-electron chi connectivity index (χ2n) is 6.32. The van der Waals surface area contributed by atoms with Crippen molar-refractivity contribution in [2.75, 3.05) is 13.1 Å². The number of nitrogens with zero attached hydrogens (tertiary/aromatic N) is 1. The van der Waals surface area contributed by atoms with E-state index < -0.39 is 11.5 Å². The first-order valence-corrected chi connectivity index (χ1v) is 7.21. The zero-order chi connectivity index (χ0) is 14.0. The van der Waals surface area contributed by atoms with Gasteiger partial charge >= 0.3 is 12.0 Å². The molecule has 1 aliphatic heterocycles. The molecule has 2 atom stereocenters. The van der Waals surface area contributed by atoms with Crippen molar-refractivity contribution in [1.29, 1.82) is 0 Å². The van der Waals surface area contributed by atoms with E-state index in [1.165, 1.54) is 0 Å². The zero-order valence-corrected chi connectivity index (χ0v) is 11.8. The monoisotopic (exact) mass is 268 g/mol. The molecule has 5 heteroatoms. The molecule has 1 aliphatic carbocycles. The van der Waals surface area contributed by atoms with Crippen molar-refractivity contribution in [2.24, 2.45) is 11.8 Å². The number of aliphatic carboxylic acids is 1. The van der Waals surface area contributed by atoms with E-state index in [0.29, 0.717) is 11.8 Å². The van der Waals surface area contributed by atoms with Crippen LogP contribution in [0.15, 0.2) is 0 Å². The van der Waals surface area contributed by atoms with Crippen LogP contribution >= 0.6 is 0 Å². The molecule has 1 heterocycles. The molecule has 0 aromatic rings. The van der Waals surface area contributed by atoms with Gasteiger partial charge in [0.1, 0.15) is 0 Å². The lowest BCUT2D eigenvalue weighted by atomic mass is 9.74. The van der Waals surface area contributed by atoms with Crippen molar-refractivity contribution >= 4 is 12.0 Å². The summed E-state index contributed by atoms with van der Waals surface area (Å²) < 4.78 is 0. The molecule has 2 N–H and O–H groups in total. The minimum absolute atomic E-state index is 0.0402. The van der Waals surface area contributed by atoms with Crippen molar-refractivity contribution in [3.63, 3.8) is 0 Å². The summed E-state index contributed by atoms with van der Waals surface area (Å²) in [6, 6.07) is -0.0836. The molecule has 2 aliphatic rings. The molecule has 5 nitrogen and oxygen atoms in total. The largest absolute Gasteiger partial charge is 0.481 e. The van der Waals surface area contributed by atoms with E-state index in [4.69, 9.17) is 5.11 Å². The first-order chi connectivity index (χ1) is 8.92. The second-order valence-corrected chi connectivity index (χ2v) is 6.32. The molecule has 2 fully saturated rings. The maximum absolute atomic E-state index is 12.3. The summed E-state index contributed by atoms with van der Waals surface area (Å²) in [5, 5.41) is 11.9. The maximum Gasteiger partial charge on any atom is 0.317 e. The lowest BCUT2D eigenvalue weighted by Gasteiger charge is -2.44. The summed E-state index contributed by atoms with van der Waals surface area (Å²) in [4.78, 5) is 25.0. The third-order valence-electron chi connectivity index (χ3n) is 4.79. The molecular formula is C14H24N2O3. The Labute approximate surface area is 114 Å². The standard InChI is InChI=1S/C14H24N2O3/c1-10-4-7-16(9-11(10)2)13(19)15-14(5-3-6-14)8-12(17)18/h10-11H,3-9H2,1-2H3,(H,15,19)(H,17,18). The molecule has 1 saturated heterocycles. The highest BCUT2D eigenvalue weighted by Gasteiger charge is 2.41. The number of amides is 2. The Kier molecular flexibility index (Phi) is 4.02. The molecule has 0 aromatic heterocycles. The Morgan fingerprint density at radius 3 is 2.47 bits per heavy atom. The fourth-order valence-electron chi connectivity index (χ4n) is 2.99. The first-order valence-electron chi connectivity index (χ1n) is 7.21. The molecule has 0 spiro atoms. The Hall–Kier alpha value is -1.26. The summed E-state index contributed by atoms with van der Waals surface area (Å²) in [5.41, 5.74) is -0.491. The number of likely N-dealkylation sites (tertiary alicyclic amines) is 1. The Balaban J connectivity index is 1.91. The van der Waals surface area contributed by atoms with Gasteiger partial charge in [0.25, 0.3) is 0 Å². The lowest BCUT2D eigenvalue weighted by Crippen LogP contribution is -2.59. The van der Waals surface area contributed by atoms with Gasteiger partial charge in [-0.3, -0.25) is 4.79 Å². The number of carboxylic acids is 1. The summed E-state index contributed by atoms with van der Waals surface area (Å²) in [6.45, 7) is 5.94. The highest BCUT2D eigenvalue weighted by molar-refractivity contribution is 5.77. The number of carboxylic acid groups (broad SMARTS) is 1. The molecule has 2 amide bonds. The van der Waals surface area contributed by atoms with Crippen LogP contribution in [0.4, 0.5) is 4.79 Å². The fourth-order valence-corrected chi connectivity index (χ4v) is 2.99. The quantitative estimate of drug-likeness (QED) is 0.823. The third kappa shape index (κ3) is 3.19. The third-order valence-corrected chi connectivity index (χ3v) is 4.79. The van der Waals surface area contributed by atoms with Gasteiger partial charge in [0.2, 0.25) is 0 Å². The van der Waals surface area contributed by atoms with Crippen LogP contribution in [0.1, 0.15) is 46.0 Å². The van der Waals surface area contributed by atoms with Gasteiger partial charge in [0.05, 0.1) is 12.0 Å². The SMILES string of the molecule is CC1CCN(C(=O)NC2(CC(=O)O)CCC2)CC1C. The van der Waals surface area contributed by atoms with Crippen molar-refractivity contribution in [3.05, 3.63) is 0 Å². The van der Waals surface area contributed by atoms with Gasteiger partial charge in [0.15, 0.2) is 0 Å². The smallest absolute Gasteiger partial charge is 0.317 e. The maximum atomic E-state index is 12.3. The average molecular weight is 268 g/mol. The number of rotatable bonds is 3. The normalized spacial score (nSPS) is 29.5. The Morgan fingerprint density at radius 1 is 1.32 bits per heavy atom. The van der Waals surface area contributed by atoms with E-state index in [-0.39, 0.29) is 12.5 Å². The summed E-state index contributed by atoms with van der Waals surface area (Å²) in [5.74, 6) is 0.331. The van der Waals surface area contributed by atoms with E-state index in [9.17, 15) is 9.59 Å². The van der Waals surface area contributed by atoms with Crippen LogP contribution < -0.4 is 5.32 Å². The van der Waals surface area contributed by atoms with Crippen LogP contribution in [0.25, 0.3) is 0 Å². The van der Waals surface area contributed by atoms with Gasteiger partial charge in [-0.2, -0.15) is 0 Å². The van der Waals surface area contributed by atoms with Crippen LogP contribution in [-0.2, 0) is 4.79 Å². The zero-order valence-electron chi connectivity index (χ0n) is 11.8. The fraction of sp³-hybridized carbons (Fsp3) is 0.857. The van der Waals surface area contributed by atoms with Crippen molar-refractivity contribution in [2.45, 2.75) is 51.5 Å². The van der Waals surface area contributed by atoms with Gasteiger partial charge in [0, 0.05) is 13.1 Å². The molecule has 108 valence electrons. The van der Waals surface area contributed by atoms with Gasteiger partial charge in [-0.25, -0.2) is 4.79 Å². The van der Waals surface area contributed by atoms with Crippen LogP contribution in [0.5, 0.6) is 0 Å². The predicted octanol–water partition coefficient (Wildman–Crippen LogP) is 2.07. The number of carbonyl (C=O) groups excluding carboxylic acids is 1. The van der Waals surface area contributed by atoms with Crippen LogP contribution in [0.2, 0.25) is 0 Å². The highest BCUT2D eigenvalue weighted by Crippen LogP contribution is 2.35. The number of hydrogen-bond acceptors (Lipinski definition) is 2. The van der Waals surface area contributed by atoms with Crippen LogP contribution in [0.3, 0.4) is 0 Å². The van der Waals surface area contributed by atoms with Gasteiger partial charge < -0.3 is 15.3 Å². The molecule has 19 heavy (non-hydrogen) atoms. The van der Waals surface area contributed by atoms with Crippen molar-refractivity contribution < 1.29 is 14.7 Å². The number of hydrogen-bond donors (Lipinski definition) is 2. The summed E-state index contributed by atoms with van der Waals surface area (Å²) in [7, 11) is 0. The molecule has 2 unspecified atom stereocenters. The molecular weight excluding hydrogens is 244 g/mol. The lowest BCUT2D eigenvalue weighted by molar-refractivity contribution is -0.139. The van der Waals surface area contributed by atoms with Crippen LogP contribution in [0, 0.1) is 11.8 Å². The minimum Gasteiger partial charge on any atom is -0.481 e. The van der Waals surface area contributed by atoms with E-state index in [1.807, 2.05) is 4.90 Å². The number of piperidine rings is 1. The van der Waals surface area contributed by atoms with E-state index in [2.05, 4.69) is 19.2 Å².